The van der Waals surface area contributed by atoms with E-state index in [2.05, 4.69) is 26.6 Å². The molecule has 0 aliphatic carbocycles. The van der Waals surface area contributed by atoms with E-state index in [1.807, 2.05) is 13.8 Å². The van der Waals surface area contributed by atoms with Gasteiger partial charge < -0.3 is 15.7 Å². The molecule has 0 aromatic carbocycles. The number of hydrogen-bond acceptors (Lipinski definition) is 3. The van der Waals surface area contributed by atoms with Crippen molar-refractivity contribution in [2.24, 2.45) is 5.92 Å². The number of carboxylic acids is 1. The second-order valence-corrected chi connectivity index (χ2v) is 5.01. The molecule has 2 atom stereocenters. The summed E-state index contributed by atoms with van der Waals surface area (Å²) >= 11 is 2.99. The number of nitrogens with one attached hydrogen (secondary N) is 2. The average molecular weight is 323 g/mol. The Hall–Kier alpha value is -1.11. The van der Waals surface area contributed by atoms with E-state index in [4.69, 9.17) is 5.11 Å². The predicted octanol–water partition coefficient (Wildman–Crippen LogP) is 0.501. The molecule has 0 spiro atoms. The van der Waals surface area contributed by atoms with Crippen LogP contribution in [-0.2, 0) is 14.4 Å². The fraction of sp³-hybridized carbons (Fsp3) is 0.727. The number of hydrogen-bond donors (Lipinski definition) is 3. The highest BCUT2D eigenvalue weighted by Crippen LogP contribution is 2.05. The van der Waals surface area contributed by atoms with Crippen LogP contribution in [0.25, 0.3) is 0 Å². The molecule has 18 heavy (non-hydrogen) atoms. The van der Waals surface area contributed by atoms with Crippen molar-refractivity contribution in [3.05, 3.63) is 0 Å². The van der Waals surface area contributed by atoms with Crippen LogP contribution in [0.2, 0.25) is 0 Å². The Balaban J connectivity index is 4.58. The largest absolute Gasteiger partial charge is 0.480 e. The van der Waals surface area contributed by atoms with Gasteiger partial charge in [-0.25, -0.2) is 0 Å². The van der Waals surface area contributed by atoms with E-state index in [-0.39, 0.29) is 17.2 Å². The van der Waals surface area contributed by atoms with Crippen LogP contribution in [0.3, 0.4) is 0 Å². The quantitative estimate of drug-likeness (QED) is 0.595. The Morgan fingerprint density at radius 2 is 1.72 bits per heavy atom. The second-order valence-electron chi connectivity index (χ2n) is 4.45. The molecule has 2 amide bonds. The van der Waals surface area contributed by atoms with Crippen LogP contribution in [0.5, 0.6) is 0 Å². The van der Waals surface area contributed by atoms with Gasteiger partial charge in [-0.2, -0.15) is 0 Å². The van der Waals surface area contributed by atoms with Gasteiger partial charge in [0.25, 0.3) is 0 Å². The first-order valence-corrected chi connectivity index (χ1v) is 6.78. The standard InChI is InChI=1S/C11H19BrN2O4/c1-6(2)4-8(14-9(15)5-12)10(16)13-7(3)11(17)18/h6-8H,4-5H2,1-3H3,(H,13,16)(H,14,15)(H,17,18)/t7?,8-/m0/s1. The summed E-state index contributed by atoms with van der Waals surface area (Å²) in [6, 6.07) is -1.69. The predicted molar refractivity (Wildman–Crippen MR) is 70.4 cm³/mol. The van der Waals surface area contributed by atoms with Crippen LogP contribution in [0.1, 0.15) is 27.2 Å². The average Bonchev–Trinajstić information content (AvgIpc) is 2.26. The Kier molecular flexibility index (Phi) is 7.58. The number of alkyl halides is 1. The molecule has 0 heterocycles. The van der Waals surface area contributed by atoms with Gasteiger partial charge >= 0.3 is 5.97 Å². The second kappa shape index (κ2) is 8.07. The molecule has 0 aromatic rings. The highest BCUT2D eigenvalue weighted by atomic mass is 79.9. The number of carbonyl (C=O) groups is 3. The minimum Gasteiger partial charge on any atom is -0.480 e. The number of amides is 2. The Bertz CT molecular complexity index is 320. The van der Waals surface area contributed by atoms with E-state index in [0.717, 1.165) is 0 Å². The zero-order valence-corrected chi connectivity index (χ0v) is 12.3. The van der Waals surface area contributed by atoms with Crippen LogP contribution in [0.4, 0.5) is 0 Å². The summed E-state index contributed by atoms with van der Waals surface area (Å²) in [5.41, 5.74) is 0. The summed E-state index contributed by atoms with van der Waals surface area (Å²) < 4.78 is 0. The molecular weight excluding hydrogens is 304 g/mol. The molecule has 0 fully saturated rings. The van der Waals surface area contributed by atoms with Gasteiger partial charge in [0.15, 0.2) is 0 Å². The van der Waals surface area contributed by atoms with Gasteiger partial charge in [-0.3, -0.25) is 14.4 Å². The van der Waals surface area contributed by atoms with E-state index in [9.17, 15) is 14.4 Å². The highest BCUT2D eigenvalue weighted by molar-refractivity contribution is 9.09. The third-order valence-corrected chi connectivity index (χ3v) is 2.72. The minimum absolute atomic E-state index is 0.101. The first-order valence-electron chi connectivity index (χ1n) is 5.66. The molecule has 0 aliphatic rings. The van der Waals surface area contributed by atoms with Crippen molar-refractivity contribution in [1.82, 2.24) is 10.6 Å². The Morgan fingerprint density at radius 3 is 2.11 bits per heavy atom. The van der Waals surface area contributed by atoms with Crippen molar-refractivity contribution in [3.63, 3.8) is 0 Å². The minimum atomic E-state index is -1.11. The van der Waals surface area contributed by atoms with Crippen LogP contribution in [0.15, 0.2) is 0 Å². The summed E-state index contributed by atoms with van der Waals surface area (Å²) in [5.74, 6) is -1.69. The fourth-order valence-corrected chi connectivity index (χ4v) is 1.47. The maximum atomic E-state index is 11.8. The van der Waals surface area contributed by atoms with E-state index >= 15 is 0 Å². The first-order chi connectivity index (χ1) is 8.27. The molecule has 3 N–H and O–H groups in total. The van der Waals surface area contributed by atoms with E-state index < -0.39 is 24.0 Å². The molecule has 0 saturated carbocycles. The third-order valence-electron chi connectivity index (χ3n) is 2.21. The van der Waals surface area contributed by atoms with Crippen molar-refractivity contribution in [3.8, 4) is 0 Å². The molecule has 0 bridgehead atoms. The zero-order valence-electron chi connectivity index (χ0n) is 10.7. The summed E-state index contributed by atoms with van der Waals surface area (Å²) in [7, 11) is 0. The normalized spacial score (nSPS) is 13.8. The lowest BCUT2D eigenvalue weighted by molar-refractivity contribution is -0.141. The SMILES string of the molecule is CC(C)C[C@H](NC(=O)CBr)C(=O)NC(C)C(=O)O. The van der Waals surface area contributed by atoms with Crippen molar-refractivity contribution in [2.75, 3.05) is 5.33 Å². The smallest absolute Gasteiger partial charge is 0.325 e. The van der Waals surface area contributed by atoms with E-state index in [1.54, 1.807) is 0 Å². The lowest BCUT2D eigenvalue weighted by Gasteiger charge is -2.21. The zero-order chi connectivity index (χ0) is 14.3. The van der Waals surface area contributed by atoms with E-state index in [0.29, 0.717) is 6.42 Å². The molecule has 0 aliphatic heterocycles. The molecule has 0 rings (SSSR count). The molecule has 104 valence electrons. The molecule has 6 nitrogen and oxygen atoms in total. The lowest BCUT2D eigenvalue weighted by Crippen LogP contribution is -2.51. The fourth-order valence-electron chi connectivity index (χ4n) is 1.31. The van der Waals surface area contributed by atoms with Crippen LogP contribution in [-0.4, -0.2) is 40.3 Å². The Labute approximate surface area is 115 Å². The lowest BCUT2D eigenvalue weighted by atomic mass is 10.0. The number of carbonyl (C=O) groups excluding carboxylic acids is 2. The number of aliphatic carboxylic acids is 1. The monoisotopic (exact) mass is 322 g/mol. The summed E-state index contributed by atoms with van der Waals surface area (Å²) in [4.78, 5) is 33.8. The third kappa shape index (κ3) is 6.58. The van der Waals surface area contributed by atoms with Gasteiger partial charge in [-0.1, -0.05) is 29.8 Å². The van der Waals surface area contributed by atoms with Gasteiger partial charge in [0, 0.05) is 0 Å². The summed E-state index contributed by atoms with van der Waals surface area (Å²) in [6.45, 7) is 5.21. The Morgan fingerprint density at radius 1 is 1.17 bits per heavy atom. The van der Waals surface area contributed by atoms with Gasteiger partial charge in [-0.05, 0) is 19.3 Å². The van der Waals surface area contributed by atoms with E-state index in [1.165, 1.54) is 6.92 Å². The van der Waals surface area contributed by atoms with Gasteiger partial charge in [-0.15, -0.1) is 0 Å². The maximum Gasteiger partial charge on any atom is 0.325 e. The number of carboxylic acid groups (broad SMARTS) is 1. The topological polar surface area (TPSA) is 95.5 Å². The van der Waals surface area contributed by atoms with Gasteiger partial charge in [0.2, 0.25) is 11.8 Å². The number of halogens is 1. The maximum absolute atomic E-state index is 11.8. The van der Waals surface area contributed by atoms with Crippen LogP contribution < -0.4 is 10.6 Å². The van der Waals surface area contributed by atoms with Crippen LogP contribution in [0, 0.1) is 5.92 Å². The number of rotatable bonds is 7. The van der Waals surface area contributed by atoms with Crippen molar-refractivity contribution in [1.29, 1.82) is 0 Å². The molecule has 0 radical (unpaired) electrons. The van der Waals surface area contributed by atoms with Gasteiger partial charge in [0.05, 0.1) is 5.33 Å². The highest BCUT2D eigenvalue weighted by Gasteiger charge is 2.24. The first kappa shape index (κ1) is 16.9. The summed E-state index contributed by atoms with van der Waals surface area (Å²) in [5, 5.41) is 13.7. The van der Waals surface area contributed by atoms with Gasteiger partial charge in [0.1, 0.15) is 12.1 Å². The van der Waals surface area contributed by atoms with Crippen molar-refractivity contribution < 1.29 is 19.5 Å². The van der Waals surface area contributed by atoms with Crippen molar-refractivity contribution >= 4 is 33.7 Å². The molecule has 1 unspecified atom stereocenters. The summed E-state index contributed by atoms with van der Waals surface area (Å²) in [6.07, 6.45) is 0.455. The molecule has 7 heteroatoms. The molecule has 0 aromatic heterocycles. The molecular formula is C11H19BrN2O4. The molecule has 0 saturated heterocycles. The van der Waals surface area contributed by atoms with Crippen LogP contribution >= 0.6 is 15.9 Å². The van der Waals surface area contributed by atoms with Crippen molar-refractivity contribution in [2.45, 2.75) is 39.3 Å².